The summed E-state index contributed by atoms with van der Waals surface area (Å²) < 4.78 is 14.8. The molecule has 0 bridgehead atoms. The summed E-state index contributed by atoms with van der Waals surface area (Å²) in [6.07, 6.45) is 3.61. The fraction of sp³-hybridized carbons (Fsp3) is 0.333. The molecule has 10 nitrogen and oxygen atoms in total. The van der Waals surface area contributed by atoms with E-state index in [-0.39, 0.29) is 23.7 Å². The van der Waals surface area contributed by atoms with Crippen LogP contribution in [-0.4, -0.2) is 70.9 Å². The van der Waals surface area contributed by atoms with Crippen LogP contribution in [0.15, 0.2) is 64.9 Å². The predicted molar refractivity (Wildman–Crippen MR) is 159 cm³/mol. The summed E-state index contributed by atoms with van der Waals surface area (Å²) in [5.74, 6) is -0.936. The van der Waals surface area contributed by atoms with Crippen LogP contribution in [-0.2, 0) is 17.9 Å². The number of nitrogens with zero attached hydrogens (tertiary/aromatic N) is 3. The number of rotatable bonds is 9. The molecule has 216 valence electrons. The number of likely N-dealkylation sites (tertiary alicyclic amines) is 1. The van der Waals surface area contributed by atoms with Crippen molar-refractivity contribution in [3.8, 4) is 0 Å². The Morgan fingerprint density at radius 3 is 2.44 bits per heavy atom. The first-order chi connectivity index (χ1) is 19.5. The van der Waals surface area contributed by atoms with E-state index in [2.05, 4.69) is 10.3 Å². The third kappa shape index (κ3) is 6.94. The van der Waals surface area contributed by atoms with Crippen LogP contribution >= 0.6 is 0 Å². The van der Waals surface area contributed by atoms with Gasteiger partial charge >= 0.3 is 0 Å². The van der Waals surface area contributed by atoms with Crippen molar-refractivity contribution in [3.63, 3.8) is 0 Å². The molecule has 2 heterocycles. The van der Waals surface area contributed by atoms with Crippen molar-refractivity contribution >= 4 is 29.4 Å². The number of carbonyl (C=O) groups excluding carboxylic acids is 1. The Kier molecular flexibility index (Phi) is 9.11. The van der Waals surface area contributed by atoms with E-state index in [9.17, 15) is 14.3 Å². The Morgan fingerprint density at radius 2 is 1.85 bits per heavy atom. The van der Waals surface area contributed by atoms with Gasteiger partial charge in [-0.25, -0.2) is 9.38 Å². The Hall–Kier alpha value is -4.19. The van der Waals surface area contributed by atoms with Crippen LogP contribution < -0.4 is 16.8 Å². The van der Waals surface area contributed by atoms with Gasteiger partial charge in [0, 0.05) is 50.1 Å². The van der Waals surface area contributed by atoms with Crippen LogP contribution in [0.5, 0.6) is 0 Å². The summed E-state index contributed by atoms with van der Waals surface area (Å²) in [5.41, 5.74) is 14.0. The van der Waals surface area contributed by atoms with E-state index in [0.29, 0.717) is 61.5 Å². The molecule has 41 heavy (non-hydrogen) atoms. The molecule has 1 saturated heterocycles. The van der Waals surface area contributed by atoms with E-state index in [1.165, 1.54) is 23.4 Å². The van der Waals surface area contributed by atoms with Gasteiger partial charge in [-0.05, 0) is 43.0 Å². The van der Waals surface area contributed by atoms with Crippen molar-refractivity contribution in [3.05, 3.63) is 88.0 Å². The lowest BCUT2D eigenvalue weighted by molar-refractivity contribution is -0.124. The SMILES string of the molecule is CN/C(=C1/N=CN(CC2(O)CCN(Cc3ccc(C(=N)/C=C(/C)N)cc3F)CC2)C(=O)C1=N)c1ccc(CN)cc1. The van der Waals surface area contributed by atoms with Crippen LogP contribution in [0.2, 0.25) is 0 Å². The highest BCUT2D eigenvalue weighted by Crippen LogP contribution is 2.27. The first-order valence-electron chi connectivity index (χ1n) is 13.4. The number of piperidine rings is 1. The molecule has 4 rings (SSSR count). The van der Waals surface area contributed by atoms with E-state index in [4.69, 9.17) is 22.3 Å². The van der Waals surface area contributed by atoms with Gasteiger partial charge in [0.05, 0.1) is 29.9 Å². The number of hydrogen-bond acceptors (Lipinski definition) is 9. The normalized spacial score (nSPS) is 19.0. The van der Waals surface area contributed by atoms with Gasteiger partial charge in [0.25, 0.3) is 5.91 Å². The average Bonchev–Trinajstić information content (AvgIpc) is 2.95. The van der Waals surface area contributed by atoms with Crippen LogP contribution in [0.25, 0.3) is 5.70 Å². The number of halogens is 1. The van der Waals surface area contributed by atoms with Gasteiger partial charge in [-0.2, -0.15) is 0 Å². The molecule has 1 fully saturated rings. The summed E-state index contributed by atoms with van der Waals surface area (Å²) in [4.78, 5) is 20.9. The Morgan fingerprint density at radius 1 is 1.20 bits per heavy atom. The quantitative estimate of drug-likeness (QED) is 0.257. The van der Waals surface area contributed by atoms with Crippen LogP contribution in [0, 0.1) is 16.6 Å². The fourth-order valence-corrected chi connectivity index (χ4v) is 5.00. The number of amides is 1. The average molecular weight is 561 g/mol. The van der Waals surface area contributed by atoms with E-state index in [0.717, 1.165) is 11.1 Å². The topological polar surface area (TPSA) is 168 Å². The minimum atomic E-state index is -1.16. The zero-order valence-corrected chi connectivity index (χ0v) is 23.4. The van der Waals surface area contributed by atoms with Crippen molar-refractivity contribution in [1.29, 1.82) is 10.8 Å². The maximum absolute atomic E-state index is 14.8. The lowest BCUT2D eigenvalue weighted by atomic mass is 9.90. The van der Waals surface area contributed by atoms with E-state index in [1.54, 1.807) is 26.1 Å². The minimum absolute atomic E-state index is 0.0121. The summed E-state index contributed by atoms with van der Waals surface area (Å²) in [6.45, 7) is 3.48. The Labute approximate surface area is 239 Å². The van der Waals surface area contributed by atoms with Gasteiger partial charge < -0.3 is 27.3 Å². The first kappa shape index (κ1) is 29.8. The lowest BCUT2D eigenvalue weighted by Gasteiger charge is -2.40. The standard InChI is InChI=1S/C30H37FN8O2/c1-19(33)13-25(34)22-7-8-23(24(31)14-22)16-38-11-9-30(41,10-12-38)17-39-18-37-28(26(35)29(39)40)27(36-2)21-5-3-20(15-32)4-6-21/h3-8,13-14,18,34-36,41H,9-12,15-17,32-33H2,1-2H3/b19-13-,28-27+,34-25?,35-26?. The summed E-state index contributed by atoms with van der Waals surface area (Å²) in [5, 5.41) is 30.9. The highest BCUT2D eigenvalue weighted by molar-refractivity contribution is 6.47. The van der Waals surface area contributed by atoms with Crippen molar-refractivity contribution in [2.45, 2.75) is 38.5 Å². The molecule has 2 aromatic rings. The first-order valence-corrected chi connectivity index (χ1v) is 13.4. The highest BCUT2D eigenvalue weighted by atomic mass is 19.1. The van der Waals surface area contributed by atoms with Crippen LogP contribution in [0.1, 0.15) is 42.0 Å². The second kappa shape index (κ2) is 12.5. The maximum atomic E-state index is 14.8. The number of nitrogens with one attached hydrogen (secondary N) is 3. The van der Waals surface area contributed by atoms with Crippen LogP contribution in [0.3, 0.4) is 0 Å². The number of β-amino-alcohol motifs (C(OH)–C–C–N with tert-alkyl or cyclic N) is 1. The molecule has 0 radical (unpaired) electrons. The molecular formula is C30H37FN8O2. The predicted octanol–water partition coefficient (Wildman–Crippen LogP) is 2.32. The largest absolute Gasteiger partial charge is 0.402 e. The third-order valence-electron chi connectivity index (χ3n) is 7.38. The minimum Gasteiger partial charge on any atom is -0.402 e. The van der Waals surface area contributed by atoms with Gasteiger partial charge in [0.15, 0.2) is 0 Å². The molecule has 2 aromatic carbocycles. The Bertz CT molecular complexity index is 1420. The van der Waals surface area contributed by atoms with E-state index in [1.807, 2.05) is 29.2 Å². The molecule has 0 atom stereocenters. The van der Waals surface area contributed by atoms with Gasteiger partial charge in [-0.15, -0.1) is 0 Å². The molecule has 0 saturated carbocycles. The number of nitrogens with two attached hydrogens (primary N) is 2. The van der Waals surface area contributed by atoms with Gasteiger partial charge in [-0.3, -0.25) is 20.0 Å². The number of allylic oxidation sites excluding steroid dienone is 2. The number of benzene rings is 2. The number of hydrogen-bond donors (Lipinski definition) is 6. The molecular weight excluding hydrogens is 523 g/mol. The second-order valence-corrected chi connectivity index (χ2v) is 10.5. The molecule has 8 N–H and O–H groups in total. The third-order valence-corrected chi connectivity index (χ3v) is 7.38. The molecule has 11 heteroatoms. The van der Waals surface area contributed by atoms with Gasteiger partial charge in [0.1, 0.15) is 17.2 Å². The van der Waals surface area contributed by atoms with Gasteiger partial charge in [0.2, 0.25) is 0 Å². The molecule has 2 aliphatic heterocycles. The number of aliphatic hydroxyl groups is 1. The van der Waals surface area contributed by atoms with E-state index < -0.39 is 17.3 Å². The van der Waals surface area contributed by atoms with Crippen LogP contribution in [0.4, 0.5) is 4.39 Å². The van der Waals surface area contributed by atoms with Crippen molar-refractivity contribution in [1.82, 2.24) is 15.1 Å². The molecule has 0 aliphatic carbocycles. The molecule has 0 aromatic heterocycles. The zero-order valence-electron chi connectivity index (χ0n) is 23.4. The molecule has 1 amide bonds. The number of carbonyl (C=O) groups is 1. The lowest BCUT2D eigenvalue weighted by Crippen LogP contribution is -2.53. The van der Waals surface area contributed by atoms with Crippen molar-refractivity contribution in [2.75, 3.05) is 26.7 Å². The molecule has 2 aliphatic rings. The van der Waals surface area contributed by atoms with Gasteiger partial charge in [-0.1, -0.05) is 36.4 Å². The summed E-state index contributed by atoms with van der Waals surface area (Å²) in [6, 6.07) is 12.2. The van der Waals surface area contributed by atoms with Crippen molar-refractivity contribution < 1.29 is 14.3 Å². The van der Waals surface area contributed by atoms with E-state index >= 15 is 0 Å². The second-order valence-electron chi connectivity index (χ2n) is 10.5. The molecule has 0 spiro atoms. The fourth-order valence-electron chi connectivity index (χ4n) is 5.00. The highest BCUT2D eigenvalue weighted by Gasteiger charge is 2.38. The van der Waals surface area contributed by atoms with Crippen molar-refractivity contribution in [2.24, 2.45) is 16.5 Å². The summed E-state index contributed by atoms with van der Waals surface area (Å²) in [7, 11) is 1.71. The monoisotopic (exact) mass is 560 g/mol. The molecule has 0 unspecified atom stereocenters. The maximum Gasteiger partial charge on any atom is 0.279 e. The summed E-state index contributed by atoms with van der Waals surface area (Å²) >= 11 is 0. The zero-order chi connectivity index (χ0) is 29.7. The smallest absolute Gasteiger partial charge is 0.279 e. The Balaban J connectivity index is 1.39. The number of aliphatic imine (C=N–C) groups is 1.